The number of aliphatic hydroxyl groups is 8. The topological polar surface area (TPSA) is 228 Å². The molecule has 2 aliphatic rings. The van der Waals surface area contributed by atoms with Crippen molar-refractivity contribution >= 4 is 5.91 Å². The van der Waals surface area contributed by atoms with Crippen LogP contribution in [0.4, 0.5) is 0 Å². The molecule has 2 aliphatic heterocycles. The highest BCUT2D eigenvalue weighted by atomic mass is 16.7. The molecule has 12 unspecified atom stereocenters. The van der Waals surface area contributed by atoms with Gasteiger partial charge in [-0.05, 0) is 12.8 Å². The van der Waals surface area contributed by atoms with Gasteiger partial charge in [-0.25, -0.2) is 0 Å². The molecular formula is C85H167NO13. The molecule has 0 aromatic carbocycles. The predicted molar refractivity (Wildman–Crippen MR) is 411 cm³/mol. The summed E-state index contributed by atoms with van der Waals surface area (Å²) in [5.41, 5.74) is 0. The Balaban J connectivity index is 1.56. The molecular weight excluding hydrogens is 1240 g/mol. The first-order valence-corrected chi connectivity index (χ1v) is 43.8. The van der Waals surface area contributed by atoms with Crippen LogP contribution in [-0.4, -0.2) is 140 Å². The fourth-order valence-corrected chi connectivity index (χ4v) is 15.2. The number of nitrogens with one attached hydrogen (secondary N) is 1. The second-order valence-corrected chi connectivity index (χ2v) is 31.4. The molecule has 2 saturated heterocycles. The van der Waals surface area contributed by atoms with Gasteiger partial charge in [0.15, 0.2) is 12.6 Å². The second kappa shape index (κ2) is 70.0. The van der Waals surface area contributed by atoms with Gasteiger partial charge in [-0.1, -0.05) is 425 Å². The summed E-state index contributed by atoms with van der Waals surface area (Å²) in [6, 6.07) is -0.826. The lowest BCUT2D eigenvalue weighted by Crippen LogP contribution is -2.65. The van der Waals surface area contributed by atoms with E-state index in [4.69, 9.17) is 18.9 Å². The normalized spacial score (nSPS) is 21.8. The van der Waals surface area contributed by atoms with Gasteiger partial charge in [0, 0.05) is 6.42 Å². The monoisotopic (exact) mass is 1410 g/mol. The summed E-state index contributed by atoms with van der Waals surface area (Å²) in [6.45, 7) is 2.96. The molecule has 14 heteroatoms. The minimum absolute atomic E-state index is 0.194. The maximum absolute atomic E-state index is 13.4. The standard InChI is InChI=1S/C85H167NO13/c1-3-5-7-9-11-13-15-17-19-21-23-25-27-29-31-33-35-36-37-39-41-43-45-47-49-51-53-55-57-59-61-63-65-67-69-77(90)86-73(72-96-84-82(95)80(93)83(76(71-88)98-84)99-85-81(94)79(92)78(91)75(70-87)97-85)74(89)68-66-64-62-60-58-56-54-52-50-48-46-44-42-40-38-34-32-30-28-26-24-22-20-18-16-14-12-10-8-6-4-2/h73-76,78-85,87-89,91-95H,3-72H2,1-2H3,(H,86,90). The Labute approximate surface area is 610 Å². The van der Waals surface area contributed by atoms with Crippen molar-refractivity contribution in [3.8, 4) is 0 Å². The summed E-state index contributed by atoms with van der Waals surface area (Å²) in [6.07, 6.45) is 71.8. The largest absolute Gasteiger partial charge is 0.394 e. The molecule has 14 nitrogen and oxygen atoms in total. The Morgan fingerprint density at radius 1 is 0.323 bits per heavy atom. The van der Waals surface area contributed by atoms with Crippen LogP contribution in [-0.2, 0) is 23.7 Å². The van der Waals surface area contributed by atoms with Crippen molar-refractivity contribution in [1.82, 2.24) is 5.32 Å². The van der Waals surface area contributed by atoms with Crippen molar-refractivity contribution in [2.45, 2.75) is 518 Å². The maximum Gasteiger partial charge on any atom is 0.220 e. The highest BCUT2D eigenvalue weighted by Crippen LogP contribution is 2.31. The van der Waals surface area contributed by atoms with E-state index in [1.54, 1.807) is 0 Å². The van der Waals surface area contributed by atoms with E-state index < -0.39 is 86.8 Å². The van der Waals surface area contributed by atoms with E-state index in [2.05, 4.69) is 19.2 Å². The van der Waals surface area contributed by atoms with Crippen molar-refractivity contribution in [3.63, 3.8) is 0 Å². The number of unbranched alkanes of at least 4 members (excludes halogenated alkanes) is 63. The van der Waals surface area contributed by atoms with Gasteiger partial charge in [0.05, 0.1) is 32.0 Å². The molecule has 0 saturated carbocycles. The first-order valence-electron chi connectivity index (χ1n) is 43.8. The van der Waals surface area contributed by atoms with E-state index in [0.717, 1.165) is 51.4 Å². The number of hydrogen-bond donors (Lipinski definition) is 9. The molecule has 2 rings (SSSR count). The Hall–Kier alpha value is -1.01. The smallest absolute Gasteiger partial charge is 0.220 e. The quantitative estimate of drug-likeness (QED) is 0.0259. The number of carbonyl (C=O) groups excluding carboxylic acids is 1. The van der Waals surface area contributed by atoms with Crippen LogP contribution >= 0.6 is 0 Å². The van der Waals surface area contributed by atoms with Crippen LogP contribution in [0.1, 0.15) is 444 Å². The van der Waals surface area contributed by atoms with Crippen LogP contribution in [0.15, 0.2) is 0 Å². The zero-order valence-electron chi connectivity index (χ0n) is 65.0. The summed E-state index contributed by atoms with van der Waals surface area (Å²) in [5.74, 6) is -0.194. The third-order valence-corrected chi connectivity index (χ3v) is 22.1. The fraction of sp³-hybridized carbons (Fsp3) is 0.988. The Bertz CT molecular complexity index is 1660. The van der Waals surface area contributed by atoms with Gasteiger partial charge in [-0.3, -0.25) is 4.79 Å². The van der Waals surface area contributed by atoms with Crippen molar-refractivity contribution in [1.29, 1.82) is 0 Å². The molecule has 0 spiro atoms. The van der Waals surface area contributed by atoms with E-state index >= 15 is 0 Å². The molecule has 0 radical (unpaired) electrons. The summed E-state index contributed by atoms with van der Waals surface area (Å²) < 4.78 is 23.0. The van der Waals surface area contributed by atoms with Crippen molar-refractivity contribution < 1.29 is 64.6 Å². The predicted octanol–water partition coefficient (Wildman–Crippen LogP) is 20.6. The van der Waals surface area contributed by atoms with Gasteiger partial charge < -0.3 is 65.1 Å². The lowest BCUT2D eigenvalue weighted by Gasteiger charge is -2.46. The van der Waals surface area contributed by atoms with Crippen LogP contribution in [0.3, 0.4) is 0 Å². The minimum atomic E-state index is -1.78. The van der Waals surface area contributed by atoms with Gasteiger partial charge in [-0.2, -0.15) is 0 Å². The second-order valence-electron chi connectivity index (χ2n) is 31.4. The summed E-state index contributed by atoms with van der Waals surface area (Å²) in [5, 5.41) is 88.0. The van der Waals surface area contributed by atoms with Crippen LogP contribution in [0.25, 0.3) is 0 Å². The SMILES string of the molecule is CCCCCCCCCCCCCCCCCCCCCCCCCCCCCCCCCCCCC(=O)NC(COC1OC(CO)C(OC2OC(CO)C(O)C(O)C2O)C(O)C1O)C(O)CCCCCCCCCCCCCCCCCCCCCCCCCCCCCCCCC. The van der Waals surface area contributed by atoms with Crippen LogP contribution in [0.2, 0.25) is 0 Å². The average Bonchev–Trinajstić information content (AvgIpc) is 0.793. The minimum Gasteiger partial charge on any atom is -0.394 e. The van der Waals surface area contributed by atoms with Crippen molar-refractivity contribution in [2.24, 2.45) is 0 Å². The zero-order valence-corrected chi connectivity index (χ0v) is 65.0. The number of carbonyl (C=O) groups is 1. The molecule has 0 aromatic rings. The molecule has 9 N–H and O–H groups in total. The molecule has 0 aliphatic carbocycles. The lowest BCUT2D eigenvalue weighted by molar-refractivity contribution is -0.359. The van der Waals surface area contributed by atoms with E-state index in [1.165, 1.54) is 366 Å². The van der Waals surface area contributed by atoms with Gasteiger partial charge in [-0.15, -0.1) is 0 Å². The first kappa shape index (κ1) is 94.1. The average molecular weight is 1410 g/mol. The van der Waals surface area contributed by atoms with Crippen LogP contribution in [0, 0.1) is 0 Å². The van der Waals surface area contributed by atoms with Gasteiger partial charge >= 0.3 is 0 Å². The Kier molecular flexibility index (Phi) is 66.5. The lowest BCUT2D eigenvalue weighted by atomic mass is 9.97. The molecule has 99 heavy (non-hydrogen) atoms. The van der Waals surface area contributed by atoms with Gasteiger partial charge in [0.2, 0.25) is 5.91 Å². The molecule has 0 bridgehead atoms. The molecule has 12 atom stereocenters. The molecule has 0 aromatic heterocycles. The van der Waals surface area contributed by atoms with E-state index in [0.29, 0.717) is 12.8 Å². The summed E-state index contributed by atoms with van der Waals surface area (Å²) in [4.78, 5) is 13.4. The number of aliphatic hydroxyl groups excluding tert-OH is 8. The molecule has 2 heterocycles. The number of ether oxygens (including phenoxy) is 4. The Morgan fingerprint density at radius 3 is 0.859 bits per heavy atom. The van der Waals surface area contributed by atoms with Crippen molar-refractivity contribution in [2.75, 3.05) is 19.8 Å². The first-order chi connectivity index (χ1) is 48.6. The molecule has 1 amide bonds. The van der Waals surface area contributed by atoms with E-state index in [1.807, 2.05) is 0 Å². The Morgan fingerprint density at radius 2 is 0.576 bits per heavy atom. The maximum atomic E-state index is 13.4. The van der Waals surface area contributed by atoms with Crippen LogP contribution < -0.4 is 5.32 Å². The van der Waals surface area contributed by atoms with E-state index in [9.17, 15) is 45.6 Å². The van der Waals surface area contributed by atoms with E-state index in [-0.39, 0.29) is 12.5 Å². The van der Waals surface area contributed by atoms with Crippen molar-refractivity contribution in [3.05, 3.63) is 0 Å². The van der Waals surface area contributed by atoms with Crippen LogP contribution in [0.5, 0.6) is 0 Å². The fourth-order valence-electron chi connectivity index (χ4n) is 15.2. The highest BCUT2D eigenvalue weighted by molar-refractivity contribution is 5.76. The third-order valence-electron chi connectivity index (χ3n) is 22.1. The number of amides is 1. The van der Waals surface area contributed by atoms with Gasteiger partial charge in [0.25, 0.3) is 0 Å². The molecule has 590 valence electrons. The highest BCUT2D eigenvalue weighted by Gasteiger charge is 2.51. The summed E-state index contributed by atoms with van der Waals surface area (Å²) >= 11 is 0. The summed E-state index contributed by atoms with van der Waals surface area (Å²) in [7, 11) is 0. The number of rotatable bonds is 76. The van der Waals surface area contributed by atoms with Gasteiger partial charge in [0.1, 0.15) is 48.8 Å². The molecule has 2 fully saturated rings. The third kappa shape index (κ3) is 52.6. The zero-order chi connectivity index (χ0) is 71.5. The number of hydrogen-bond acceptors (Lipinski definition) is 13.